The standard InChI is InChI=1S/C13H10N2OS/c16-13(12-7-15-8-17-12)10-3-1-2-9-4-5-14-6-11(9)10/h1-8,13,16H. The first-order chi connectivity index (χ1) is 8.36. The van der Waals surface area contributed by atoms with Crippen molar-refractivity contribution < 1.29 is 5.11 Å². The fourth-order valence-corrected chi connectivity index (χ4v) is 2.51. The minimum Gasteiger partial charge on any atom is -0.383 e. The summed E-state index contributed by atoms with van der Waals surface area (Å²) < 4.78 is 0. The molecular weight excluding hydrogens is 232 g/mol. The Kier molecular flexibility index (Phi) is 2.59. The second kappa shape index (κ2) is 4.24. The lowest BCUT2D eigenvalue weighted by Gasteiger charge is -2.11. The van der Waals surface area contributed by atoms with E-state index in [9.17, 15) is 5.11 Å². The number of aliphatic hydroxyl groups is 1. The highest BCUT2D eigenvalue weighted by Gasteiger charge is 2.14. The largest absolute Gasteiger partial charge is 0.383 e. The van der Waals surface area contributed by atoms with Gasteiger partial charge in [-0.25, -0.2) is 0 Å². The van der Waals surface area contributed by atoms with Crippen molar-refractivity contribution in [2.75, 3.05) is 0 Å². The number of hydrogen-bond donors (Lipinski definition) is 1. The molecule has 0 amide bonds. The normalized spacial score (nSPS) is 12.8. The van der Waals surface area contributed by atoms with E-state index in [0.717, 1.165) is 21.2 Å². The van der Waals surface area contributed by atoms with Gasteiger partial charge in [0, 0.05) is 24.0 Å². The molecule has 0 saturated heterocycles. The van der Waals surface area contributed by atoms with Crippen LogP contribution in [0.15, 0.2) is 48.4 Å². The molecule has 0 radical (unpaired) electrons. The predicted molar refractivity (Wildman–Crippen MR) is 67.9 cm³/mol. The van der Waals surface area contributed by atoms with Crippen molar-refractivity contribution in [3.05, 3.63) is 58.8 Å². The summed E-state index contributed by atoms with van der Waals surface area (Å²) >= 11 is 1.45. The SMILES string of the molecule is OC(c1cncs1)c1cccc2ccncc12. The molecule has 2 aromatic heterocycles. The lowest BCUT2D eigenvalue weighted by molar-refractivity contribution is 0.225. The topological polar surface area (TPSA) is 46.0 Å². The van der Waals surface area contributed by atoms with E-state index < -0.39 is 6.10 Å². The molecule has 2 heterocycles. The number of benzene rings is 1. The summed E-state index contributed by atoms with van der Waals surface area (Å²) in [6, 6.07) is 7.83. The van der Waals surface area contributed by atoms with Crippen LogP contribution in [0.1, 0.15) is 16.5 Å². The fraction of sp³-hybridized carbons (Fsp3) is 0.0769. The molecule has 3 rings (SSSR count). The van der Waals surface area contributed by atoms with Crippen molar-refractivity contribution in [1.29, 1.82) is 0 Å². The van der Waals surface area contributed by atoms with Crippen LogP contribution in [-0.2, 0) is 0 Å². The van der Waals surface area contributed by atoms with E-state index in [1.165, 1.54) is 11.3 Å². The Hall–Kier alpha value is -1.78. The van der Waals surface area contributed by atoms with Gasteiger partial charge in [0.25, 0.3) is 0 Å². The minimum atomic E-state index is -0.629. The average molecular weight is 242 g/mol. The highest BCUT2D eigenvalue weighted by atomic mass is 32.1. The first-order valence-electron chi connectivity index (χ1n) is 5.25. The van der Waals surface area contributed by atoms with Gasteiger partial charge in [0.05, 0.1) is 10.4 Å². The number of aliphatic hydroxyl groups excluding tert-OH is 1. The number of hydrogen-bond acceptors (Lipinski definition) is 4. The molecule has 3 nitrogen and oxygen atoms in total. The van der Waals surface area contributed by atoms with E-state index in [2.05, 4.69) is 9.97 Å². The van der Waals surface area contributed by atoms with E-state index in [4.69, 9.17) is 0 Å². The zero-order valence-corrected chi connectivity index (χ0v) is 9.76. The lowest BCUT2D eigenvalue weighted by atomic mass is 10.0. The van der Waals surface area contributed by atoms with Crippen molar-refractivity contribution in [1.82, 2.24) is 9.97 Å². The molecule has 0 saturated carbocycles. The molecule has 0 aliphatic carbocycles. The summed E-state index contributed by atoms with van der Waals surface area (Å²) in [6.45, 7) is 0. The summed E-state index contributed by atoms with van der Waals surface area (Å²) in [6.07, 6.45) is 4.61. The fourth-order valence-electron chi connectivity index (χ4n) is 1.89. The molecule has 1 aromatic carbocycles. The number of pyridine rings is 1. The van der Waals surface area contributed by atoms with Gasteiger partial charge in [-0.2, -0.15) is 0 Å². The Bertz CT molecular complexity index is 631. The van der Waals surface area contributed by atoms with Gasteiger partial charge in [-0.15, -0.1) is 11.3 Å². The average Bonchev–Trinajstić information content (AvgIpc) is 2.91. The van der Waals surface area contributed by atoms with Gasteiger partial charge < -0.3 is 5.11 Å². The maximum absolute atomic E-state index is 10.3. The predicted octanol–water partition coefficient (Wildman–Crippen LogP) is 2.77. The van der Waals surface area contributed by atoms with Crippen LogP contribution < -0.4 is 0 Å². The Balaban J connectivity index is 2.17. The van der Waals surface area contributed by atoms with Crippen LogP contribution in [0.5, 0.6) is 0 Å². The Morgan fingerprint density at radius 1 is 1.12 bits per heavy atom. The lowest BCUT2D eigenvalue weighted by Crippen LogP contribution is -1.98. The van der Waals surface area contributed by atoms with Crippen molar-refractivity contribution in [3.8, 4) is 0 Å². The van der Waals surface area contributed by atoms with Crippen molar-refractivity contribution in [3.63, 3.8) is 0 Å². The molecule has 0 aliphatic rings. The number of aromatic nitrogens is 2. The number of rotatable bonds is 2. The second-order valence-electron chi connectivity index (χ2n) is 3.75. The van der Waals surface area contributed by atoms with E-state index in [0.29, 0.717) is 0 Å². The summed E-state index contributed by atoms with van der Waals surface area (Å²) in [5.74, 6) is 0. The molecule has 1 N–H and O–H groups in total. The van der Waals surface area contributed by atoms with E-state index in [1.807, 2.05) is 24.3 Å². The van der Waals surface area contributed by atoms with Crippen LogP contribution in [0.3, 0.4) is 0 Å². The van der Waals surface area contributed by atoms with Gasteiger partial charge in [0.1, 0.15) is 6.10 Å². The Morgan fingerprint density at radius 3 is 2.88 bits per heavy atom. The number of thiazole rings is 1. The number of nitrogens with zero attached hydrogens (tertiary/aromatic N) is 2. The third-order valence-electron chi connectivity index (χ3n) is 2.73. The van der Waals surface area contributed by atoms with Gasteiger partial charge in [0.15, 0.2) is 0 Å². The number of fused-ring (bicyclic) bond motifs is 1. The quantitative estimate of drug-likeness (QED) is 0.751. The van der Waals surface area contributed by atoms with Crippen molar-refractivity contribution in [2.24, 2.45) is 0 Å². The zero-order chi connectivity index (χ0) is 11.7. The Morgan fingerprint density at radius 2 is 2.06 bits per heavy atom. The summed E-state index contributed by atoms with van der Waals surface area (Å²) in [5.41, 5.74) is 2.60. The third-order valence-corrected chi connectivity index (χ3v) is 3.56. The second-order valence-corrected chi connectivity index (χ2v) is 4.67. The molecule has 1 unspecified atom stereocenters. The van der Waals surface area contributed by atoms with Gasteiger partial charge in [0.2, 0.25) is 0 Å². The molecule has 0 aliphatic heterocycles. The van der Waals surface area contributed by atoms with Crippen LogP contribution in [0.4, 0.5) is 0 Å². The third kappa shape index (κ3) is 1.81. The van der Waals surface area contributed by atoms with Crippen LogP contribution >= 0.6 is 11.3 Å². The van der Waals surface area contributed by atoms with Crippen molar-refractivity contribution >= 4 is 22.1 Å². The molecule has 0 spiro atoms. The smallest absolute Gasteiger partial charge is 0.115 e. The molecular formula is C13H10N2OS. The van der Waals surface area contributed by atoms with E-state index in [1.54, 1.807) is 24.1 Å². The molecule has 3 aromatic rings. The molecule has 17 heavy (non-hydrogen) atoms. The highest BCUT2D eigenvalue weighted by Crippen LogP contribution is 2.29. The van der Waals surface area contributed by atoms with Crippen LogP contribution in [-0.4, -0.2) is 15.1 Å². The zero-order valence-electron chi connectivity index (χ0n) is 8.95. The van der Waals surface area contributed by atoms with E-state index in [-0.39, 0.29) is 0 Å². The van der Waals surface area contributed by atoms with Gasteiger partial charge in [-0.3, -0.25) is 9.97 Å². The van der Waals surface area contributed by atoms with Crippen molar-refractivity contribution in [2.45, 2.75) is 6.10 Å². The molecule has 84 valence electrons. The maximum Gasteiger partial charge on any atom is 0.115 e. The molecule has 4 heteroatoms. The first-order valence-corrected chi connectivity index (χ1v) is 6.13. The van der Waals surface area contributed by atoms with Gasteiger partial charge >= 0.3 is 0 Å². The molecule has 0 bridgehead atoms. The monoisotopic (exact) mass is 242 g/mol. The highest BCUT2D eigenvalue weighted by molar-refractivity contribution is 7.09. The Labute approximate surface area is 102 Å². The molecule has 0 fully saturated rings. The van der Waals surface area contributed by atoms with Gasteiger partial charge in [-0.1, -0.05) is 18.2 Å². The minimum absolute atomic E-state index is 0.629. The maximum atomic E-state index is 10.3. The summed E-state index contributed by atoms with van der Waals surface area (Å²) in [4.78, 5) is 8.95. The first kappa shape index (κ1) is 10.4. The molecule has 1 atom stereocenters. The van der Waals surface area contributed by atoms with Gasteiger partial charge in [-0.05, 0) is 17.0 Å². The van der Waals surface area contributed by atoms with E-state index >= 15 is 0 Å². The van der Waals surface area contributed by atoms with Crippen LogP contribution in [0, 0.1) is 0 Å². The van der Waals surface area contributed by atoms with Crippen LogP contribution in [0.2, 0.25) is 0 Å². The summed E-state index contributed by atoms with van der Waals surface area (Å²) in [5, 5.41) is 12.4. The van der Waals surface area contributed by atoms with Crippen LogP contribution in [0.25, 0.3) is 10.8 Å². The summed E-state index contributed by atoms with van der Waals surface area (Å²) in [7, 11) is 0.